The maximum absolute atomic E-state index is 5.89. The van der Waals surface area contributed by atoms with Gasteiger partial charge in [-0.1, -0.05) is 31.2 Å². The highest BCUT2D eigenvalue weighted by Gasteiger charge is 2.08. The summed E-state index contributed by atoms with van der Waals surface area (Å²) in [6.07, 6.45) is 1.07. The second kappa shape index (κ2) is 4.81. The van der Waals surface area contributed by atoms with E-state index < -0.39 is 0 Å². The van der Waals surface area contributed by atoms with Gasteiger partial charge in [-0.05, 0) is 36.6 Å². The molecular weight excluding hydrogens is 214 g/mol. The minimum atomic E-state index is 0.132. The Morgan fingerprint density at radius 2 is 1.94 bits per heavy atom. The zero-order chi connectivity index (χ0) is 11.5. The van der Waals surface area contributed by atoms with Crippen molar-refractivity contribution in [2.75, 3.05) is 0 Å². The largest absolute Gasteiger partial charge is 0.324 e. The Bertz CT molecular complexity index is 471. The van der Waals surface area contributed by atoms with Crippen molar-refractivity contribution in [2.24, 2.45) is 5.73 Å². The summed E-state index contributed by atoms with van der Waals surface area (Å²) in [4.78, 5) is 2.57. The molecule has 16 heavy (non-hydrogen) atoms. The Kier molecular flexibility index (Phi) is 3.42. The summed E-state index contributed by atoms with van der Waals surface area (Å²) < 4.78 is 0. The lowest BCUT2D eigenvalue weighted by molar-refractivity contribution is 0.838. The van der Waals surface area contributed by atoms with Crippen molar-refractivity contribution in [3.8, 4) is 10.4 Å². The van der Waals surface area contributed by atoms with Gasteiger partial charge in [0.1, 0.15) is 0 Å². The topological polar surface area (TPSA) is 26.0 Å². The zero-order valence-electron chi connectivity index (χ0n) is 9.73. The van der Waals surface area contributed by atoms with E-state index in [0.29, 0.717) is 0 Å². The van der Waals surface area contributed by atoms with E-state index in [-0.39, 0.29) is 6.04 Å². The Hall–Kier alpha value is -1.12. The van der Waals surface area contributed by atoms with Crippen LogP contribution in [0.25, 0.3) is 10.4 Å². The van der Waals surface area contributed by atoms with Crippen LogP contribution in [0, 0.1) is 0 Å². The molecule has 2 rings (SSSR count). The fraction of sp³-hybridized carbons (Fsp3) is 0.286. The maximum atomic E-state index is 5.89. The molecule has 1 unspecified atom stereocenters. The number of nitrogens with two attached hydrogens (primary N) is 1. The van der Waals surface area contributed by atoms with E-state index in [1.165, 1.54) is 20.9 Å². The lowest BCUT2D eigenvalue weighted by atomic mass is 10.0. The Morgan fingerprint density at radius 3 is 2.56 bits per heavy atom. The van der Waals surface area contributed by atoms with Crippen molar-refractivity contribution in [3.05, 3.63) is 46.8 Å². The molecule has 0 aliphatic rings. The quantitative estimate of drug-likeness (QED) is 0.849. The van der Waals surface area contributed by atoms with Gasteiger partial charge in [-0.15, -0.1) is 11.3 Å². The molecule has 0 bridgehead atoms. The van der Waals surface area contributed by atoms with Crippen LogP contribution in [0.1, 0.15) is 30.3 Å². The molecule has 2 aromatic rings. The van der Waals surface area contributed by atoms with Crippen molar-refractivity contribution in [1.82, 2.24) is 0 Å². The van der Waals surface area contributed by atoms with Crippen molar-refractivity contribution < 1.29 is 0 Å². The molecule has 0 fully saturated rings. The Labute approximate surface area is 101 Å². The molecule has 0 aliphatic carbocycles. The fourth-order valence-corrected chi connectivity index (χ4v) is 2.83. The van der Waals surface area contributed by atoms with Crippen LogP contribution in [0.4, 0.5) is 0 Å². The molecule has 0 aliphatic heterocycles. The lowest BCUT2D eigenvalue weighted by Crippen LogP contribution is -2.01. The molecule has 1 nitrogen and oxygen atoms in total. The average Bonchev–Trinajstić information content (AvgIpc) is 2.78. The van der Waals surface area contributed by atoms with Crippen molar-refractivity contribution in [3.63, 3.8) is 0 Å². The van der Waals surface area contributed by atoms with Gasteiger partial charge in [0, 0.05) is 15.8 Å². The minimum Gasteiger partial charge on any atom is -0.324 e. The first kappa shape index (κ1) is 11.4. The summed E-state index contributed by atoms with van der Waals surface area (Å²) in [5, 5.41) is 0. The van der Waals surface area contributed by atoms with E-state index in [4.69, 9.17) is 5.73 Å². The van der Waals surface area contributed by atoms with Crippen LogP contribution >= 0.6 is 11.3 Å². The molecule has 84 valence electrons. The molecule has 2 N–H and O–H groups in total. The molecule has 0 radical (unpaired) electrons. The summed E-state index contributed by atoms with van der Waals surface area (Å²) in [5.41, 5.74) is 8.64. The second-order valence-electron chi connectivity index (χ2n) is 4.00. The predicted molar refractivity (Wildman–Crippen MR) is 71.7 cm³/mol. The zero-order valence-corrected chi connectivity index (χ0v) is 10.6. The Morgan fingerprint density at radius 1 is 1.19 bits per heavy atom. The standard InChI is InChI=1S/C14H17NS/c1-3-11-6-4-5-7-12(11)14-9-8-13(16-14)10(2)15/h4-10H,3,15H2,1-2H3. The molecular formula is C14H17NS. The monoisotopic (exact) mass is 231 g/mol. The Balaban J connectivity index is 2.42. The normalized spacial score (nSPS) is 12.7. The number of aryl methyl sites for hydroxylation is 1. The van der Waals surface area contributed by atoms with Gasteiger partial charge in [0.15, 0.2) is 0 Å². The first-order valence-electron chi connectivity index (χ1n) is 5.66. The molecule has 0 saturated heterocycles. The van der Waals surface area contributed by atoms with E-state index in [1.807, 2.05) is 6.92 Å². The third kappa shape index (κ3) is 2.18. The molecule has 1 aromatic carbocycles. The van der Waals surface area contributed by atoms with Crippen LogP contribution in [-0.4, -0.2) is 0 Å². The van der Waals surface area contributed by atoms with Crippen LogP contribution in [0.3, 0.4) is 0 Å². The summed E-state index contributed by atoms with van der Waals surface area (Å²) in [6.45, 7) is 4.22. The minimum absolute atomic E-state index is 0.132. The summed E-state index contributed by atoms with van der Waals surface area (Å²) in [5.74, 6) is 0. The number of benzene rings is 1. The van der Waals surface area contributed by atoms with Gasteiger partial charge in [0.05, 0.1) is 0 Å². The summed E-state index contributed by atoms with van der Waals surface area (Å²) in [7, 11) is 0. The van der Waals surface area contributed by atoms with Crippen LogP contribution in [0.2, 0.25) is 0 Å². The molecule has 1 heterocycles. The van der Waals surface area contributed by atoms with Crippen LogP contribution < -0.4 is 5.73 Å². The molecule has 2 heteroatoms. The number of hydrogen-bond acceptors (Lipinski definition) is 2. The highest BCUT2D eigenvalue weighted by molar-refractivity contribution is 7.15. The predicted octanol–water partition coefficient (Wildman–Crippen LogP) is 4.00. The fourth-order valence-electron chi connectivity index (χ4n) is 1.81. The molecule has 1 atom stereocenters. The summed E-state index contributed by atoms with van der Waals surface area (Å²) >= 11 is 1.80. The second-order valence-corrected chi connectivity index (χ2v) is 5.12. The van der Waals surface area contributed by atoms with Crippen LogP contribution in [0.15, 0.2) is 36.4 Å². The van der Waals surface area contributed by atoms with Gasteiger partial charge in [0.25, 0.3) is 0 Å². The first-order valence-corrected chi connectivity index (χ1v) is 6.47. The van der Waals surface area contributed by atoms with Crippen molar-refractivity contribution >= 4 is 11.3 Å². The highest BCUT2D eigenvalue weighted by atomic mass is 32.1. The van der Waals surface area contributed by atoms with E-state index in [9.17, 15) is 0 Å². The maximum Gasteiger partial charge on any atom is 0.0361 e. The van der Waals surface area contributed by atoms with Crippen molar-refractivity contribution in [2.45, 2.75) is 26.3 Å². The average molecular weight is 231 g/mol. The lowest BCUT2D eigenvalue weighted by Gasteiger charge is -2.05. The molecule has 0 amide bonds. The first-order chi connectivity index (χ1) is 7.72. The van der Waals surface area contributed by atoms with Gasteiger partial charge >= 0.3 is 0 Å². The number of hydrogen-bond donors (Lipinski definition) is 1. The van der Waals surface area contributed by atoms with Crippen molar-refractivity contribution in [1.29, 1.82) is 0 Å². The van der Waals surface area contributed by atoms with Gasteiger partial charge < -0.3 is 5.73 Å². The molecule has 0 saturated carbocycles. The van der Waals surface area contributed by atoms with Crippen LogP contribution in [-0.2, 0) is 6.42 Å². The van der Waals surface area contributed by atoms with E-state index in [2.05, 4.69) is 43.3 Å². The van der Waals surface area contributed by atoms with E-state index in [0.717, 1.165) is 6.42 Å². The molecule has 1 aromatic heterocycles. The third-order valence-corrected chi connectivity index (χ3v) is 4.06. The number of thiophene rings is 1. The SMILES string of the molecule is CCc1ccccc1-c1ccc(C(C)N)s1. The molecule has 0 spiro atoms. The van der Waals surface area contributed by atoms with Gasteiger partial charge in [-0.3, -0.25) is 0 Å². The van der Waals surface area contributed by atoms with Gasteiger partial charge in [-0.2, -0.15) is 0 Å². The number of rotatable bonds is 3. The van der Waals surface area contributed by atoms with E-state index in [1.54, 1.807) is 11.3 Å². The van der Waals surface area contributed by atoms with Gasteiger partial charge in [-0.25, -0.2) is 0 Å². The smallest absolute Gasteiger partial charge is 0.0361 e. The van der Waals surface area contributed by atoms with E-state index >= 15 is 0 Å². The van der Waals surface area contributed by atoms with Gasteiger partial charge in [0.2, 0.25) is 0 Å². The highest BCUT2D eigenvalue weighted by Crippen LogP contribution is 2.32. The summed E-state index contributed by atoms with van der Waals surface area (Å²) in [6, 6.07) is 13.0. The van der Waals surface area contributed by atoms with Crippen LogP contribution in [0.5, 0.6) is 0 Å². The third-order valence-electron chi connectivity index (χ3n) is 2.74.